The minimum absolute atomic E-state index is 0.0191. The van der Waals surface area contributed by atoms with Crippen LogP contribution in [0.2, 0.25) is 0 Å². The van der Waals surface area contributed by atoms with E-state index in [1.54, 1.807) is 6.92 Å². The van der Waals surface area contributed by atoms with Crippen molar-refractivity contribution in [1.82, 2.24) is 0 Å². The molecule has 0 amide bonds. The second-order valence-corrected chi connectivity index (χ2v) is 3.37. The summed E-state index contributed by atoms with van der Waals surface area (Å²) in [5.74, 6) is 0.310. The first-order chi connectivity index (χ1) is 6.11. The molecule has 1 rings (SSSR count). The van der Waals surface area contributed by atoms with E-state index in [9.17, 15) is 9.90 Å². The van der Waals surface area contributed by atoms with Crippen LogP contribution in [0.3, 0.4) is 0 Å². The summed E-state index contributed by atoms with van der Waals surface area (Å²) < 4.78 is 5.38. The zero-order chi connectivity index (χ0) is 10.0. The Hall–Kier alpha value is -1.03. The van der Waals surface area contributed by atoms with Gasteiger partial charge in [-0.05, 0) is 34.5 Å². The molecular formula is C9H9BrO3. The molecule has 13 heavy (non-hydrogen) atoms. The highest BCUT2D eigenvalue weighted by Crippen LogP contribution is 2.37. The van der Waals surface area contributed by atoms with Gasteiger partial charge in [0.25, 0.3) is 0 Å². The van der Waals surface area contributed by atoms with Crippen LogP contribution in [-0.4, -0.2) is 18.5 Å². The van der Waals surface area contributed by atoms with E-state index in [2.05, 4.69) is 15.9 Å². The van der Waals surface area contributed by atoms with Gasteiger partial charge in [-0.25, -0.2) is 0 Å². The van der Waals surface area contributed by atoms with Crippen molar-refractivity contribution in [2.75, 3.05) is 7.11 Å². The molecular weight excluding hydrogens is 236 g/mol. The summed E-state index contributed by atoms with van der Waals surface area (Å²) in [7, 11) is 1.44. The molecule has 0 aromatic heterocycles. The third-order valence-corrected chi connectivity index (χ3v) is 2.81. The van der Waals surface area contributed by atoms with E-state index >= 15 is 0 Å². The van der Waals surface area contributed by atoms with E-state index in [1.165, 1.54) is 13.2 Å². The first-order valence-corrected chi connectivity index (χ1v) is 4.42. The largest absolute Gasteiger partial charge is 0.503 e. The van der Waals surface area contributed by atoms with Gasteiger partial charge in [0.1, 0.15) is 6.29 Å². The highest BCUT2D eigenvalue weighted by Gasteiger charge is 2.12. The molecule has 0 fully saturated rings. The van der Waals surface area contributed by atoms with Crippen molar-refractivity contribution in [3.63, 3.8) is 0 Å². The molecule has 1 aromatic rings. The van der Waals surface area contributed by atoms with Gasteiger partial charge >= 0.3 is 0 Å². The van der Waals surface area contributed by atoms with E-state index in [1.807, 2.05) is 0 Å². The van der Waals surface area contributed by atoms with Crippen molar-refractivity contribution in [3.8, 4) is 11.5 Å². The Kier molecular flexibility index (Phi) is 2.93. The van der Waals surface area contributed by atoms with Crippen LogP contribution in [0.4, 0.5) is 0 Å². The van der Waals surface area contributed by atoms with Gasteiger partial charge in [-0.1, -0.05) is 0 Å². The van der Waals surface area contributed by atoms with Crippen molar-refractivity contribution < 1.29 is 14.6 Å². The number of carbonyl (C=O) groups excluding carboxylic acids is 1. The predicted molar refractivity (Wildman–Crippen MR) is 52.5 cm³/mol. The van der Waals surface area contributed by atoms with E-state index in [-0.39, 0.29) is 5.75 Å². The fourth-order valence-electron chi connectivity index (χ4n) is 1.01. The number of aldehydes is 1. The van der Waals surface area contributed by atoms with E-state index in [4.69, 9.17) is 4.74 Å². The highest BCUT2D eigenvalue weighted by atomic mass is 79.9. The molecule has 0 heterocycles. The fraction of sp³-hybridized carbons (Fsp3) is 0.222. The van der Waals surface area contributed by atoms with Gasteiger partial charge < -0.3 is 9.84 Å². The normalized spacial score (nSPS) is 9.77. The van der Waals surface area contributed by atoms with Crippen molar-refractivity contribution in [3.05, 3.63) is 21.7 Å². The van der Waals surface area contributed by atoms with Crippen molar-refractivity contribution >= 4 is 22.2 Å². The van der Waals surface area contributed by atoms with Crippen LogP contribution < -0.4 is 4.74 Å². The minimum atomic E-state index is 0.0191. The van der Waals surface area contributed by atoms with Crippen LogP contribution in [0.15, 0.2) is 10.5 Å². The molecule has 1 N–H and O–H groups in total. The fourth-order valence-corrected chi connectivity index (χ4v) is 1.43. The Morgan fingerprint density at radius 3 is 2.69 bits per heavy atom. The number of hydrogen-bond acceptors (Lipinski definition) is 3. The lowest BCUT2D eigenvalue weighted by Gasteiger charge is -2.09. The number of ether oxygens (including phenoxy) is 1. The molecule has 0 radical (unpaired) electrons. The van der Waals surface area contributed by atoms with Crippen LogP contribution >= 0.6 is 15.9 Å². The summed E-state index contributed by atoms with van der Waals surface area (Å²) in [4.78, 5) is 10.6. The Balaban J connectivity index is 3.45. The molecule has 0 saturated carbocycles. The molecule has 0 bridgehead atoms. The lowest BCUT2D eigenvalue weighted by molar-refractivity contribution is 0.112. The number of carbonyl (C=O) groups is 1. The van der Waals surface area contributed by atoms with Crippen LogP contribution in [0.1, 0.15) is 15.9 Å². The second-order valence-electron chi connectivity index (χ2n) is 2.57. The third kappa shape index (κ3) is 1.67. The van der Waals surface area contributed by atoms with Crippen molar-refractivity contribution in [2.45, 2.75) is 6.92 Å². The number of phenolic OH excluding ortho intramolecular Hbond substituents is 1. The van der Waals surface area contributed by atoms with Crippen molar-refractivity contribution in [1.29, 1.82) is 0 Å². The summed E-state index contributed by atoms with van der Waals surface area (Å²) in [6.45, 7) is 1.74. The SMILES string of the molecule is COc1cc(C=O)c(C)c(Br)c1O. The number of halogens is 1. The lowest BCUT2D eigenvalue weighted by Crippen LogP contribution is -1.92. The molecule has 70 valence electrons. The van der Waals surface area contributed by atoms with Crippen LogP contribution in [0, 0.1) is 6.92 Å². The molecule has 0 spiro atoms. The summed E-state index contributed by atoms with van der Waals surface area (Å²) in [6, 6.07) is 1.50. The van der Waals surface area contributed by atoms with Gasteiger partial charge in [0.2, 0.25) is 0 Å². The monoisotopic (exact) mass is 244 g/mol. The van der Waals surface area contributed by atoms with Gasteiger partial charge in [0.05, 0.1) is 11.6 Å². The molecule has 0 atom stereocenters. The molecule has 0 saturated heterocycles. The van der Waals surface area contributed by atoms with Gasteiger partial charge in [-0.15, -0.1) is 0 Å². The molecule has 4 heteroatoms. The topological polar surface area (TPSA) is 46.5 Å². The van der Waals surface area contributed by atoms with E-state index < -0.39 is 0 Å². The van der Waals surface area contributed by atoms with Crippen LogP contribution in [0.5, 0.6) is 11.5 Å². The second kappa shape index (κ2) is 3.79. The van der Waals surface area contributed by atoms with Gasteiger partial charge in [-0.2, -0.15) is 0 Å². The predicted octanol–water partition coefficient (Wildman–Crippen LogP) is 2.28. The minimum Gasteiger partial charge on any atom is -0.503 e. The molecule has 0 aliphatic rings. The first kappa shape index (κ1) is 10.1. The Labute approximate surface area is 84.5 Å². The number of methoxy groups -OCH3 is 1. The molecule has 1 aromatic carbocycles. The van der Waals surface area contributed by atoms with E-state index in [0.717, 1.165) is 6.29 Å². The maximum Gasteiger partial charge on any atom is 0.172 e. The highest BCUT2D eigenvalue weighted by molar-refractivity contribution is 9.10. The van der Waals surface area contributed by atoms with Crippen molar-refractivity contribution in [2.24, 2.45) is 0 Å². The number of rotatable bonds is 2. The maximum atomic E-state index is 10.6. The number of hydrogen-bond donors (Lipinski definition) is 1. The van der Waals surface area contributed by atoms with Gasteiger partial charge in [0.15, 0.2) is 11.5 Å². The zero-order valence-corrected chi connectivity index (χ0v) is 8.88. The third-order valence-electron chi connectivity index (χ3n) is 1.84. The lowest BCUT2D eigenvalue weighted by atomic mass is 10.1. The summed E-state index contributed by atoms with van der Waals surface area (Å²) in [5.41, 5.74) is 1.20. The average molecular weight is 245 g/mol. The van der Waals surface area contributed by atoms with E-state index in [0.29, 0.717) is 21.3 Å². The Morgan fingerprint density at radius 1 is 1.62 bits per heavy atom. The quantitative estimate of drug-likeness (QED) is 0.813. The van der Waals surface area contributed by atoms with Gasteiger partial charge in [-0.3, -0.25) is 4.79 Å². The maximum absolute atomic E-state index is 10.6. The zero-order valence-electron chi connectivity index (χ0n) is 7.30. The number of aromatic hydroxyl groups is 1. The molecule has 0 aliphatic carbocycles. The summed E-state index contributed by atoms with van der Waals surface area (Å²) in [5, 5.41) is 9.51. The first-order valence-electron chi connectivity index (χ1n) is 3.63. The Bertz CT molecular complexity index is 347. The standard InChI is InChI=1S/C9H9BrO3/c1-5-6(4-11)3-7(13-2)9(12)8(5)10/h3-4,12H,1-2H3. The summed E-state index contributed by atoms with van der Waals surface area (Å²) >= 11 is 3.17. The molecule has 3 nitrogen and oxygen atoms in total. The Morgan fingerprint density at radius 2 is 2.23 bits per heavy atom. The smallest absolute Gasteiger partial charge is 0.172 e. The molecule has 0 unspecified atom stereocenters. The average Bonchev–Trinajstić information content (AvgIpc) is 2.15. The number of phenols is 1. The van der Waals surface area contributed by atoms with Crippen LogP contribution in [0.25, 0.3) is 0 Å². The van der Waals surface area contributed by atoms with Gasteiger partial charge in [0, 0.05) is 5.56 Å². The molecule has 0 aliphatic heterocycles. The summed E-state index contributed by atoms with van der Waals surface area (Å²) in [6.07, 6.45) is 0.724. The van der Waals surface area contributed by atoms with Crippen LogP contribution in [-0.2, 0) is 0 Å². The number of benzene rings is 1.